The molecule has 0 atom stereocenters. The number of methoxy groups -OCH3 is 1. The van der Waals surface area contributed by atoms with Crippen molar-refractivity contribution in [3.05, 3.63) is 46.5 Å². The Bertz CT molecular complexity index is 671. The first kappa shape index (κ1) is 15.9. The Morgan fingerprint density at radius 3 is 2.95 bits per heavy atom. The van der Waals surface area contributed by atoms with Crippen molar-refractivity contribution in [3.63, 3.8) is 0 Å². The minimum Gasteiger partial charge on any atom is -0.487 e. The number of ether oxygens (including phenoxy) is 1. The lowest BCUT2D eigenvalue weighted by molar-refractivity contribution is 0.0955. The Labute approximate surface area is 136 Å². The Kier molecular flexibility index (Phi) is 5.67. The van der Waals surface area contributed by atoms with Crippen LogP contribution in [0.25, 0.3) is 0 Å². The number of carbonyl (C=O) groups is 1. The summed E-state index contributed by atoms with van der Waals surface area (Å²) in [5.74, 6) is -0.312. The van der Waals surface area contributed by atoms with Gasteiger partial charge in [0.05, 0.1) is 17.5 Å². The molecule has 7 heteroatoms. The molecule has 0 fully saturated rings. The Hall–Kier alpha value is -1.50. The largest absolute Gasteiger partial charge is 0.487 e. The number of hydrogen-bond acceptors (Lipinski definition) is 5. The summed E-state index contributed by atoms with van der Waals surface area (Å²) in [6.07, 6.45) is 3.56. The number of nitrogens with zero attached hydrogens (tertiary/aromatic N) is 1. The van der Waals surface area contributed by atoms with E-state index < -0.39 is 0 Å². The number of nitrogens with one attached hydrogen (secondary N) is 1. The van der Waals surface area contributed by atoms with Crippen LogP contribution in [0.3, 0.4) is 0 Å². The lowest BCUT2D eigenvalue weighted by Crippen LogP contribution is -2.17. The topological polar surface area (TPSA) is 50.7 Å². The molecule has 0 spiro atoms. The molecule has 0 radical (unpaired) electrons. The minimum absolute atomic E-state index is 0.312. The van der Waals surface area contributed by atoms with Crippen molar-refractivity contribution in [3.8, 4) is 5.06 Å². The highest BCUT2D eigenvalue weighted by Gasteiger charge is 2.08. The highest BCUT2D eigenvalue weighted by molar-refractivity contribution is 8.00. The van der Waals surface area contributed by atoms with E-state index in [0.29, 0.717) is 10.6 Å². The number of carbonyl (C=O) groups excluding carboxylic acids is 1. The van der Waals surface area contributed by atoms with Crippen LogP contribution >= 0.6 is 34.7 Å². The molecule has 0 aliphatic carbocycles. The van der Waals surface area contributed by atoms with Gasteiger partial charge in [0.25, 0.3) is 5.91 Å². The zero-order chi connectivity index (χ0) is 15.2. The van der Waals surface area contributed by atoms with Crippen LogP contribution in [0.2, 0.25) is 5.02 Å². The molecule has 110 valence electrons. The van der Waals surface area contributed by atoms with Crippen LogP contribution in [0.15, 0.2) is 39.6 Å². The fraction of sp³-hybridized carbons (Fsp3) is 0.143. The fourth-order valence-electron chi connectivity index (χ4n) is 1.57. The average Bonchev–Trinajstić information content (AvgIpc) is 2.89. The first-order valence-electron chi connectivity index (χ1n) is 5.95. The van der Waals surface area contributed by atoms with Crippen molar-refractivity contribution in [2.75, 3.05) is 13.4 Å². The van der Waals surface area contributed by atoms with E-state index >= 15 is 0 Å². The molecule has 21 heavy (non-hydrogen) atoms. The van der Waals surface area contributed by atoms with Crippen LogP contribution in [0.4, 0.5) is 0 Å². The maximum atomic E-state index is 11.9. The van der Waals surface area contributed by atoms with E-state index in [4.69, 9.17) is 16.3 Å². The maximum Gasteiger partial charge on any atom is 0.271 e. The van der Waals surface area contributed by atoms with Gasteiger partial charge in [0.2, 0.25) is 0 Å². The van der Waals surface area contributed by atoms with Gasteiger partial charge in [0, 0.05) is 16.1 Å². The number of amides is 1. The van der Waals surface area contributed by atoms with E-state index in [-0.39, 0.29) is 5.91 Å². The molecule has 4 nitrogen and oxygen atoms in total. The van der Waals surface area contributed by atoms with Crippen LogP contribution in [-0.2, 0) is 0 Å². The van der Waals surface area contributed by atoms with Gasteiger partial charge in [-0.1, -0.05) is 29.0 Å². The van der Waals surface area contributed by atoms with Crippen LogP contribution < -0.4 is 10.2 Å². The molecule has 1 amide bonds. The molecule has 0 saturated heterocycles. The van der Waals surface area contributed by atoms with E-state index in [2.05, 4.69) is 10.5 Å². The number of rotatable bonds is 5. The van der Waals surface area contributed by atoms with Gasteiger partial charge in [-0.15, -0.1) is 11.8 Å². The normalized spacial score (nSPS) is 10.8. The van der Waals surface area contributed by atoms with E-state index in [9.17, 15) is 4.79 Å². The average molecular weight is 341 g/mol. The molecule has 2 aromatic rings. The van der Waals surface area contributed by atoms with Crippen molar-refractivity contribution in [1.29, 1.82) is 0 Å². The maximum absolute atomic E-state index is 11.9. The molecule has 0 unspecified atom stereocenters. The molecule has 0 bridgehead atoms. The predicted octanol–water partition coefficient (Wildman–Crippen LogP) is 3.90. The van der Waals surface area contributed by atoms with Gasteiger partial charge in [-0.2, -0.15) is 5.10 Å². The first-order chi connectivity index (χ1) is 10.1. The van der Waals surface area contributed by atoms with Gasteiger partial charge in [-0.05, 0) is 30.5 Å². The molecule has 1 heterocycles. The standard InChI is InChI=1S/C14H13ClN2O2S2/c1-19-14-10(7-12(20-2)21-14)8-16-17-13(18)9-4-3-5-11(15)6-9/h3-8H,1-2H3,(H,17,18)/b16-8-. The van der Waals surface area contributed by atoms with Crippen molar-refractivity contribution < 1.29 is 9.53 Å². The number of thioether (sulfide) groups is 1. The third-order valence-electron chi connectivity index (χ3n) is 2.55. The fourth-order valence-corrected chi connectivity index (χ4v) is 3.25. The summed E-state index contributed by atoms with van der Waals surface area (Å²) < 4.78 is 6.39. The second kappa shape index (κ2) is 7.49. The van der Waals surface area contributed by atoms with Crippen LogP contribution in [0.1, 0.15) is 15.9 Å². The third kappa shape index (κ3) is 4.23. The monoisotopic (exact) mass is 340 g/mol. The first-order valence-corrected chi connectivity index (χ1v) is 8.36. The number of hydrogen-bond donors (Lipinski definition) is 1. The summed E-state index contributed by atoms with van der Waals surface area (Å²) in [7, 11) is 1.61. The van der Waals surface area contributed by atoms with E-state index in [0.717, 1.165) is 14.8 Å². The summed E-state index contributed by atoms with van der Waals surface area (Å²) in [5, 5.41) is 5.23. The van der Waals surface area contributed by atoms with Gasteiger partial charge in [0.1, 0.15) is 0 Å². The van der Waals surface area contributed by atoms with Crippen LogP contribution in [0.5, 0.6) is 5.06 Å². The molecular formula is C14H13ClN2O2S2. The Morgan fingerprint density at radius 2 is 2.29 bits per heavy atom. The highest BCUT2D eigenvalue weighted by Crippen LogP contribution is 2.34. The van der Waals surface area contributed by atoms with E-state index in [1.54, 1.807) is 49.4 Å². The lowest BCUT2D eigenvalue weighted by atomic mass is 10.2. The van der Waals surface area contributed by atoms with Gasteiger partial charge >= 0.3 is 0 Å². The second-order valence-corrected chi connectivity index (χ2v) is 6.48. The van der Waals surface area contributed by atoms with Crippen LogP contribution in [-0.4, -0.2) is 25.5 Å². The Morgan fingerprint density at radius 1 is 1.48 bits per heavy atom. The summed E-state index contributed by atoms with van der Waals surface area (Å²) in [6.45, 7) is 0. The number of hydrazone groups is 1. The van der Waals surface area contributed by atoms with Gasteiger partial charge in [-0.25, -0.2) is 5.43 Å². The SMILES string of the molecule is COc1sc(SC)cc1/C=N\NC(=O)c1cccc(Cl)c1. The van der Waals surface area contributed by atoms with Gasteiger partial charge in [-0.3, -0.25) is 4.79 Å². The number of benzene rings is 1. The Balaban J connectivity index is 2.05. The predicted molar refractivity (Wildman–Crippen MR) is 89.2 cm³/mol. The highest BCUT2D eigenvalue weighted by atomic mass is 35.5. The number of thiophene rings is 1. The molecule has 0 saturated carbocycles. The quantitative estimate of drug-likeness (QED) is 0.510. The molecule has 1 N–H and O–H groups in total. The van der Waals surface area contributed by atoms with Crippen molar-refractivity contribution in [1.82, 2.24) is 5.43 Å². The van der Waals surface area contributed by atoms with Crippen molar-refractivity contribution >= 4 is 46.8 Å². The zero-order valence-electron chi connectivity index (χ0n) is 11.4. The second-order valence-electron chi connectivity index (χ2n) is 3.93. The lowest BCUT2D eigenvalue weighted by Gasteiger charge is -2.00. The van der Waals surface area contributed by atoms with Gasteiger partial charge in [0.15, 0.2) is 5.06 Å². The minimum atomic E-state index is -0.312. The summed E-state index contributed by atoms with van der Waals surface area (Å²) in [5.41, 5.74) is 3.76. The summed E-state index contributed by atoms with van der Waals surface area (Å²) in [4.78, 5) is 11.9. The zero-order valence-corrected chi connectivity index (χ0v) is 13.8. The molecule has 0 aliphatic rings. The molecule has 0 aliphatic heterocycles. The third-order valence-corrected chi connectivity index (χ3v) is 4.96. The molecule has 2 rings (SSSR count). The summed E-state index contributed by atoms with van der Waals surface area (Å²) >= 11 is 9.01. The molecular weight excluding hydrogens is 328 g/mol. The molecule has 1 aromatic heterocycles. The summed E-state index contributed by atoms with van der Waals surface area (Å²) in [6, 6.07) is 8.65. The molecule has 1 aromatic carbocycles. The van der Waals surface area contributed by atoms with Crippen molar-refractivity contribution in [2.45, 2.75) is 4.21 Å². The smallest absolute Gasteiger partial charge is 0.271 e. The number of halogens is 1. The van der Waals surface area contributed by atoms with Crippen molar-refractivity contribution in [2.24, 2.45) is 5.10 Å². The van der Waals surface area contributed by atoms with E-state index in [1.807, 2.05) is 12.3 Å². The van der Waals surface area contributed by atoms with Crippen LogP contribution in [0, 0.1) is 0 Å². The van der Waals surface area contributed by atoms with Gasteiger partial charge < -0.3 is 4.74 Å². The van der Waals surface area contributed by atoms with E-state index in [1.165, 1.54) is 11.3 Å².